The van der Waals surface area contributed by atoms with Crippen LogP contribution in [0, 0.1) is 0 Å². The van der Waals surface area contributed by atoms with Crippen molar-refractivity contribution in [3.8, 4) is 5.75 Å². The Labute approximate surface area is 160 Å². The highest BCUT2D eigenvalue weighted by Crippen LogP contribution is 2.37. The number of anilines is 1. The Bertz CT molecular complexity index is 1000. The van der Waals surface area contributed by atoms with Crippen LogP contribution in [0.3, 0.4) is 0 Å². The maximum atomic E-state index is 12.7. The first-order valence-electron chi connectivity index (χ1n) is 8.14. The van der Waals surface area contributed by atoms with E-state index in [9.17, 15) is 9.90 Å². The van der Waals surface area contributed by atoms with E-state index in [-0.39, 0.29) is 19.1 Å². The van der Waals surface area contributed by atoms with E-state index in [0.717, 1.165) is 16.5 Å². The van der Waals surface area contributed by atoms with Gasteiger partial charge in [-0.1, -0.05) is 47.5 Å². The van der Waals surface area contributed by atoms with Crippen molar-refractivity contribution in [1.29, 1.82) is 0 Å². The van der Waals surface area contributed by atoms with Gasteiger partial charge in [-0.3, -0.25) is 4.79 Å². The number of amides is 1. The molecule has 0 aliphatic carbocycles. The lowest BCUT2D eigenvalue weighted by Gasteiger charge is -2.22. The van der Waals surface area contributed by atoms with Crippen molar-refractivity contribution in [1.82, 2.24) is 0 Å². The third-order valence-electron chi connectivity index (χ3n) is 4.37. The van der Waals surface area contributed by atoms with Gasteiger partial charge in [0.2, 0.25) is 0 Å². The number of aliphatic hydroxyl groups excluding tert-OH is 1. The Morgan fingerprint density at radius 3 is 2.62 bits per heavy atom. The predicted octanol–water partition coefficient (Wildman–Crippen LogP) is 4.55. The number of benzene rings is 3. The third kappa shape index (κ3) is 3.01. The molecule has 1 heterocycles. The Kier molecular flexibility index (Phi) is 4.49. The summed E-state index contributed by atoms with van der Waals surface area (Å²) in [5.41, 5.74) is 1.47. The van der Waals surface area contributed by atoms with Crippen LogP contribution in [-0.2, 0) is 0 Å². The van der Waals surface area contributed by atoms with Gasteiger partial charge in [-0.2, -0.15) is 0 Å². The number of rotatable bonds is 5. The van der Waals surface area contributed by atoms with Gasteiger partial charge >= 0.3 is 0 Å². The molecule has 1 N–H and O–H groups in total. The molecule has 0 radical (unpaired) electrons. The summed E-state index contributed by atoms with van der Waals surface area (Å²) in [5.74, 6) is 0.327. The van der Waals surface area contributed by atoms with E-state index in [2.05, 4.69) is 0 Å². The molecule has 1 unspecified atom stereocenters. The van der Waals surface area contributed by atoms with Crippen LogP contribution in [0.2, 0.25) is 10.0 Å². The van der Waals surface area contributed by atoms with Crippen molar-refractivity contribution in [3.63, 3.8) is 0 Å². The molecule has 0 saturated carbocycles. The molecule has 0 fully saturated rings. The van der Waals surface area contributed by atoms with Crippen LogP contribution < -0.4 is 9.64 Å². The van der Waals surface area contributed by atoms with Gasteiger partial charge in [0, 0.05) is 16.0 Å². The highest BCUT2D eigenvalue weighted by molar-refractivity contribution is 6.35. The molecule has 26 heavy (non-hydrogen) atoms. The minimum atomic E-state index is -0.865. The number of carbonyl (C=O) groups excluding carboxylic acids is 1. The van der Waals surface area contributed by atoms with Crippen molar-refractivity contribution in [2.45, 2.75) is 6.10 Å². The molecule has 3 aromatic carbocycles. The van der Waals surface area contributed by atoms with Gasteiger partial charge in [0.25, 0.3) is 5.91 Å². The summed E-state index contributed by atoms with van der Waals surface area (Å²) in [6.07, 6.45) is -0.865. The van der Waals surface area contributed by atoms with Crippen molar-refractivity contribution in [3.05, 3.63) is 70.2 Å². The normalized spacial score (nSPS) is 14.1. The van der Waals surface area contributed by atoms with Gasteiger partial charge in [0.1, 0.15) is 18.5 Å². The highest BCUT2D eigenvalue weighted by atomic mass is 35.5. The van der Waals surface area contributed by atoms with Crippen molar-refractivity contribution >= 4 is 45.6 Å². The Hall–Kier alpha value is -2.27. The first-order chi connectivity index (χ1) is 12.5. The standard InChI is InChI=1S/C20H15Cl2NO3/c21-13-7-8-18(16(22)9-13)26-11-14(24)10-23-17-6-2-4-12-3-1-5-15(19(12)17)20(23)25/h1-9,14,24H,10-11H2. The molecule has 0 bridgehead atoms. The second-order valence-corrected chi connectivity index (χ2v) is 6.98. The van der Waals surface area contributed by atoms with Crippen molar-refractivity contribution in [2.24, 2.45) is 0 Å². The Morgan fingerprint density at radius 1 is 1.08 bits per heavy atom. The fraction of sp³-hybridized carbons (Fsp3) is 0.150. The lowest BCUT2D eigenvalue weighted by molar-refractivity contribution is 0.0914. The first-order valence-corrected chi connectivity index (χ1v) is 8.90. The Morgan fingerprint density at radius 2 is 1.85 bits per heavy atom. The van der Waals surface area contributed by atoms with Gasteiger partial charge in [-0.05, 0) is 35.7 Å². The molecule has 132 valence electrons. The van der Waals surface area contributed by atoms with Gasteiger partial charge in [-0.15, -0.1) is 0 Å². The molecular formula is C20H15Cl2NO3. The van der Waals surface area contributed by atoms with E-state index < -0.39 is 6.10 Å². The average Bonchev–Trinajstić information content (AvgIpc) is 2.89. The van der Waals surface area contributed by atoms with E-state index in [1.54, 1.807) is 23.1 Å². The lowest BCUT2D eigenvalue weighted by Crippen LogP contribution is -2.37. The largest absolute Gasteiger partial charge is 0.489 e. The van der Waals surface area contributed by atoms with Crippen LogP contribution in [0.15, 0.2) is 54.6 Å². The fourth-order valence-corrected chi connectivity index (χ4v) is 3.67. The van der Waals surface area contributed by atoms with Gasteiger partial charge in [0.15, 0.2) is 0 Å². The molecule has 6 heteroatoms. The second-order valence-electron chi connectivity index (χ2n) is 6.14. The molecule has 1 aliphatic heterocycles. The van der Waals surface area contributed by atoms with E-state index in [1.807, 2.05) is 36.4 Å². The molecule has 1 atom stereocenters. The fourth-order valence-electron chi connectivity index (χ4n) is 3.20. The summed E-state index contributed by atoms with van der Waals surface area (Å²) in [4.78, 5) is 14.3. The molecular weight excluding hydrogens is 373 g/mol. The number of halogens is 2. The smallest absolute Gasteiger partial charge is 0.259 e. The quantitative estimate of drug-likeness (QED) is 0.698. The number of hydrogen-bond acceptors (Lipinski definition) is 3. The van der Waals surface area contributed by atoms with E-state index in [0.29, 0.717) is 21.4 Å². The number of aliphatic hydroxyl groups is 1. The second kappa shape index (κ2) is 6.80. The van der Waals surface area contributed by atoms with Crippen LogP contribution in [0.5, 0.6) is 5.75 Å². The van der Waals surface area contributed by atoms with E-state index >= 15 is 0 Å². The molecule has 0 aromatic heterocycles. The van der Waals surface area contributed by atoms with Crippen molar-refractivity contribution < 1.29 is 14.6 Å². The summed E-state index contributed by atoms with van der Waals surface area (Å²) in [5, 5.41) is 13.2. The predicted molar refractivity (Wildman–Crippen MR) is 104 cm³/mol. The van der Waals surface area contributed by atoms with Crippen molar-refractivity contribution in [2.75, 3.05) is 18.1 Å². The molecule has 4 nitrogen and oxygen atoms in total. The summed E-state index contributed by atoms with van der Waals surface area (Å²) in [7, 11) is 0. The van der Waals surface area contributed by atoms with Gasteiger partial charge in [-0.25, -0.2) is 0 Å². The maximum Gasteiger partial charge on any atom is 0.259 e. The van der Waals surface area contributed by atoms with Gasteiger partial charge < -0.3 is 14.7 Å². The SMILES string of the molecule is O=C1c2cccc3cccc(c23)N1CC(O)COc1ccc(Cl)cc1Cl. The minimum absolute atomic E-state index is 0.0114. The number of ether oxygens (including phenoxy) is 1. The number of β-amino-alcohol motifs (C(OH)–C–C–N with tert-alkyl or cyclic N) is 1. The molecule has 1 aliphatic rings. The monoisotopic (exact) mass is 387 g/mol. The summed E-state index contributed by atoms with van der Waals surface area (Å²) in [6.45, 7) is 0.148. The van der Waals surface area contributed by atoms with Crippen LogP contribution >= 0.6 is 23.2 Å². The Balaban J connectivity index is 1.49. The topological polar surface area (TPSA) is 49.8 Å². The van der Waals surface area contributed by atoms with Crippen LogP contribution in [0.1, 0.15) is 10.4 Å². The maximum absolute atomic E-state index is 12.7. The lowest BCUT2D eigenvalue weighted by atomic mass is 10.1. The summed E-state index contributed by atoms with van der Waals surface area (Å²) in [6, 6.07) is 16.3. The minimum Gasteiger partial charge on any atom is -0.489 e. The number of carbonyl (C=O) groups is 1. The van der Waals surface area contributed by atoms with Crippen LogP contribution in [0.25, 0.3) is 10.8 Å². The zero-order valence-corrected chi connectivity index (χ0v) is 15.2. The third-order valence-corrected chi connectivity index (χ3v) is 4.90. The highest BCUT2D eigenvalue weighted by Gasteiger charge is 2.30. The molecule has 3 aromatic rings. The molecule has 0 saturated heterocycles. The molecule has 4 rings (SSSR count). The summed E-state index contributed by atoms with van der Waals surface area (Å²) < 4.78 is 5.57. The summed E-state index contributed by atoms with van der Waals surface area (Å²) >= 11 is 11.9. The first kappa shape index (κ1) is 17.2. The van der Waals surface area contributed by atoms with Crippen LogP contribution in [-0.4, -0.2) is 30.3 Å². The van der Waals surface area contributed by atoms with E-state index in [4.69, 9.17) is 27.9 Å². The molecule has 0 spiro atoms. The zero-order chi connectivity index (χ0) is 18.3. The zero-order valence-electron chi connectivity index (χ0n) is 13.7. The van der Waals surface area contributed by atoms with E-state index in [1.165, 1.54) is 0 Å². The molecule has 1 amide bonds. The average molecular weight is 388 g/mol. The number of nitrogens with zero attached hydrogens (tertiary/aromatic N) is 1. The number of hydrogen-bond donors (Lipinski definition) is 1. The van der Waals surface area contributed by atoms with Crippen LogP contribution in [0.4, 0.5) is 5.69 Å². The van der Waals surface area contributed by atoms with Gasteiger partial charge in [0.05, 0.1) is 17.3 Å².